The Hall–Kier alpha value is -2.95. The number of amides is 1. The monoisotopic (exact) mass is 830 g/mol. The molecule has 0 aliphatic heterocycles. The largest absolute Gasteiger partial charge is 0.394 e. The molecule has 0 aliphatic carbocycles. The topological polar surface area (TPSA) is 69.6 Å². The molecule has 0 saturated heterocycles. The molecular weight excluding hydrogens is 735 g/mol. The van der Waals surface area contributed by atoms with Gasteiger partial charge in [0.1, 0.15) is 0 Å². The Labute approximate surface area is 372 Å². The van der Waals surface area contributed by atoms with Crippen LogP contribution < -0.4 is 5.32 Å². The zero-order valence-electron chi connectivity index (χ0n) is 39.2. The number of aliphatic hydroxyl groups is 2. The number of rotatable bonds is 44. The minimum absolute atomic E-state index is 0.0741. The summed E-state index contributed by atoms with van der Waals surface area (Å²) in [5.41, 5.74) is 0. The lowest BCUT2D eigenvalue weighted by atomic mass is 10.0. The van der Waals surface area contributed by atoms with Gasteiger partial charge in [-0.05, 0) is 83.5 Å². The van der Waals surface area contributed by atoms with Crippen LogP contribution in [0.5, 0.6) is 0 Å². The lowest BCUT2D eigenvalue weighted by molar-refractivity contribution is -0.123. The van der Waals surface area contributed by atoms with E-state index in [0.29, 0.717) is 6.42 Å². The summed E-state index contributed by atoms with van der Waals surface area (Å²) in [7, 11) is 0. The van der Waals surface area contributed by atoms with Crippen LogP contribution in [0.3, 0.4) is 0 Å². The first-order valence-corrected chi connectivity index (χ1v) is 25.1. The smallest absolute Gasteiger partial charge is 0.220 e. The average Bonchev–Trinajstić information content (AvgIpc) is 3.25. The molecule has 60 heavy (non-hydrogen) atoms. The van der Waals surface area contributed by atoms with Gasteiger partial charge in [-0.1, -0.05) is 239 Å². The van der Waals surface area contributed by atoms with Crippen LogP contribution in [0.4, 0.5) is 0 Å². The fraction of sp³-hybridized carbons (Fsp3) is 0.661. The Kier molecular flexibility index (Phi) is 47.9. The minimum Gasteiger partial charge on any atom is -0.394 e. The Bertz CT molecular complexity index is 1170. The van der Waals surface area contributed by atoms with E-state index in [9.17, 15) is 15.0 Å². The number of carbonyl (C=O) groups excluding carboxylic acids is 1. The van der Waals surface area contributed by atoms with Crippen molar-refractivity contribution < 1.29 is 15.0 Å². The van der Waals surface area contributed by atoms with Gasteiger partial charge < -0.3 is 15.5 Å². The molecule has 0 aliphatic rings. The molecule has 0 spiro atoms. The van der Waals surface area contributed by atoms with E-state index < -0.39 is 12.1 Å². The van der Waals surface area contributed by atoms with Crippen molar-refractivity contribution in [2.24, 2.45) is 0 Å². The SMILES string of the molecule is CC/C=C\C/C=C\C/C=C\C/C=C\C/C=C\C/C=C\C/C=C\C/C=C\CCCCCCCCCCCCC(=O)NC(CO)C(O)/C=C/CCCCCCCCCCCCC. The van der Waals surface area contributed by atoms with Crippen molar-refractivity contribution in [2.45, 2.75) is 231 Å². The van der Waals surface area contributed by atoms with Gasteiger partial charge in [0.25, 0.3) is 0 Å². The highest BCUT2D eigenvalue weighted by molar-refractivity contribution is 5.76. The van der Waals surface area contributed by atoms with Gasteiger partial charge in [-0.2, -0.15) is 0 Å². The molecule has 4 nitrogen and oxygen atoms in total. The first-order chi connectivity index (χ1) is 29.7. The van der Waals surface area contributed by atoms with E-state index in [4.69, 9.17) is 0 Å². The number of nitrogens with one attached hydrogen (secondary N) is 1. The van der Waals surface area contributed by atoms with Crippen molar-refractivity contribution in [3.05, 3.63) is 109 Å². The van der Waals surface area contributed by atoms with Gasteiger partial charge in [0.2, 0.25) is 5.91 Å². The third-order valence-electron chi connectivity index (χ3n) is 10.8. The van der Waals surface area contributed by atoms with Crippen LogP contribution in [0.15, 0.2) is 109 Å². The van der Waals surface area contributed by atoms with Gasteiger partial charge in [-0.3, -0.25) is 4.79 Å². The molecular formula is C56H95NO3. The summed E-state index contributed by atoms with van der Waals surface area (Å²) in [6.45, 7) is 4.18. The molecule has 3 N–H and O–H groups in total. The summed E-state index contributed by atoms with van der Waals surface area (Å²) in [4.78, 5) is 12.4. The number of hydrogen-bond donors (Lipinski definition) is 3. The van der Waals surface area contributed by atoms with E-state index in [0.717, 1.165) is 77.0 Å². The molecule has 0 aromatic heterocycles. The van der Waals surface area contributed by atoms with Crippen LogP contribution in [0.25, 0.3) is 0 Å². The van der Waals surface area contributed by atoms with Crippen molar-refractivity contribution in [1.29, 1.82) is 0 Å². The number of allylic oxidation sites excluding steroid dienone is 17. The predicted octanol–water partition coefficient (Wildman–Crippen LogP) is 16.4. The van der Waals surface area contributed by atoms with Crippen LogP contribution in [-0.2, 0) is 4.79 Å². The Morgan fingerprint density at radius 1 is 0.417 bits per heavy atom. The summed E-state index contributed by atoms with van der Waals surface area (Å²) in [6.07, 6.45) is 76.4. The highest BCUT2D eigenvalue weighted by Gasteiger charge is 2.17. The van der Waals surface area contributed by atoms with Crippen LogP contribution in [0, 0.1) is 0 Å². The molecule has 0 rings (SSSR count). The van der Waals surface area contributed by atoms with E-state index in [1.165, 1.54) is 122 Å². The Morgan fingerprint density at radius 3 is 1.10 bits per heavy atom. The second kappa shape index (κ2) is 50.4. The summed E-state index contributed by atoms with van der Waals surface area (Å²) in [5, 5.41) is 23.0. The third-order valence-corrected chi connectivity index (χ3v) is 10.8. The highest BCUT2D eigenvalue weighted by atomic mass is 16.3. The summed E-state index contributed by atoms with van der Waals surface area (Å²) < 4.78 is 0. The second-order valence-electron chi connectivity index (χ2n) is 16.5. The molecule has 0 aromatic carbocycles. The van der Waals surface area contributed by atoms with Gasteiger partial charge in [0, 0.05) is 6.42 Å². The molecule has 0 saturated carbocycles. The fourth-order valence-corrected chi connectivity index (χ4v) is 6.96. The maximum Gasteiger partial charge on any atom is 0.220 e. The van der Waals surface area contributed by atoms with Gasteiger partial charge in [0.15, 0.2) is 0 Å². The molecule has 0 bridgehead atoms. The zero-order chi connectivity index (χ0) is 43.5. The maximum atomic E-state index is 12.4. The number of aliphatic hydroxyl groups excluding tert-OH is 2. The molecule has 4 heteroatoms. The fourth-order valence-electron chi connectivity index (χ4n) is 6.96. The average molecular weight is 830 g/mol. The van der Waals surface area contributed by atoms with Gasteiger partial charge >= 0.3 is 0 Å². The van der Waals surface area contributed by atoms with Crippen molar-refractivity contribution in [3.63, 3.8) is 0 Å². The van der Waals surface area contributed by atoms with E-state index >= 15 is 0 Å². The molecule has 1 amide bonds. The molecule has 2 unspecified atom stereocenters. The summed E-state index contributed by atoms with van der Waals surface area (Å²) in [5.74, 6) is -0.0741. The van der Waals surface area contributed by atoms with Gasteiger partial charge in [0.05, 0.1) is 18.8 Å². The normalized spacial score (nSPS) is 13.9. The molecule has 0 radical (unpaired) electrons. The molecule has 2 atom stereocenters. The van der Waals surface area contributed by atoms with Gasteiger partial charge in [-0.25, -0.2) is 0 Å². The standard InChI is InChI=1S/C56H95NO3/c1-3-5-7-9-11-13-15-17-18-19-20-21-22-23-24-25-26-27-28-29-30-31-32-33-34-35-36-37-38-40-42-44-46-48-50-52-56(60)57-54(53-58)55(59)51-49-47-45-43-41-39-16-14-12-10-8-6-4-2/h5,7,11,13,17-18,20-21,23-24,26-27,29-30,32-33,49,51,54-55,58-59H,3-4,6,8-10,12,14-16,19,22,25,28,31,34-48,50,52-53H2,1-2H3,(H,57,60)/b7-5-,13-11-,18-17-,21-20-,24-23-,27-26-,30-29-,33-32-,51-49+. The first-order valence-electron chi connectivity index (χ1n) is 25.1. The van der Waals surface area contributed by atoms with Crippen molar-refractivity contribution in [2.75, 3.05) is 6.61 Å². The van der Waals surface area contributed by atoms with E-state index in [1.807, 2.05) is 6.08 Å². The zero-order valence-corrected chi connectivity index (χ0v) is 39.2. The number of unbranched alkanes of at least 4 members (excludes halogenated alkanes) is 21. The summed E-state index contributed by atoms with van der Waals surface area (Å²) >= 11 is 0. The lowest BCUT2D eigenvalue weighted by Gasteiger charge is -2.20. The maximum absolute atomic E-state index is 12.4. The highest BCUT2D eigenvalue weighted by Crippen LogP contribution is 2.14. The van der Waals surface area contributed by atoms with Crippen molar-refractivity contribution >= 4 is 5.91 Å². The lowest BCUT2D eigenvalue weighted by Crippen LogP contribution is -2.45. The van der Waals surface area contributed by atoms with Crippen LogP contribution in [0.2, 0.25) is 0 Å². The van der Waals surface area contributed by atoms with Crippen LogP contribution in [-0.4, -0.2) is 34.9 Å². The van der Waals surface area contributed by atoms with Gasteiger partial charge in [-0.15, -0.1) is 0 Å². The minimum atomic E-state index is -0.846. The quantitative estimate of drug-likeness (QED) is 0.0423. The van der Waals surface area contributed by atoms with E-state index in [-0.39, 0.29) is 12.5 Å². The summed E-state index contributed by atoms with van der Waals surface area (Å²) in [6, 6.07) is -0.630. The van der Waals surface area contributed by atoms with Crippen molar-refractivity contribution in [3.8, 4) is 0 Å². The van der Waals surface area contributed by atoms with Crippen LogP contribution in [0.1, 0.15) is 219 Å². The van der Waals surface area contributed by atoms with Crippen LogP contribution >= 0.6 is 0 Å². The second-order valence-corrected chi connectivity index (χ2v) is 16.5. The van der Waals surface area contributed by atoms with E-state index in [1.54, 1.807) is 6.08 Å². The van der Waals surface area contributed by atoms with Crippen molar-refractivity contribution in [1.82, 2.24) is 5.32 Å². The molecule has 0 fully saturated rings. The Balaban J connectivity index is 3.60. The number of carbonyl (C=O) groups is 1. The Morgan fingerprint density at radius 2 is 0.733 bits per heavy atom. The van der Waals surface area contributed by atoms with E-state index in [2.05, 4.69) is 116 Å². The predicted molar refractivity (Wildman–Crippen MR) is 266 cm³/mol. The first kappa shape index (κ1) is 57.1. The third kappa shape index (κ3) is 46.1. The number of hydrogen-bond acceptors (Lipinski definition) is 3. The molecule has 0 heterocycles. The molecule has 0 aromatic rings. The molecule has 342 valence electrons.